The Hall–Kier alpha value is -3.21. The van der Waals surface area contributed by atoms with Crippen LogP contribution in [0.2, 0.25) is 0 Å². The van der Waals surface area contributed by atoms with E-state index in [4.69, 9.17) is 9.47 Å². The molecule has 1 N–H and O–H groups in total. The molecular weight excluding hydrogens is 408 g/mol. The minimum absolute atomic E-state index is 0.0215. The fraction of sp³-hybridized carbons (Fsp3) is 0.542. The molecule has 0 spiro atoms. The summed E-state index contributed by atoms with van der Waals surface area (Å²) >= 11 is 0. The van der Waals surface area contributed by atoms with E-state index in [1.54, 1.807) is 11.1 Å². The maximum Gasteiger partial charge on any atom is 0.410 e. The van der Waals surface area contributed by atoms with Crippen LogP contribution in [0, 0.1) is 18.3 Å². The Bertz CT molecular complexity index is 890. The van der Waals surface area contributed by atoms with Gasteiger partial charge in [0.2, 0.25) is 0 Å². The molecule has 174 valence electrons. The SMILES string of the molecule is CCOc1ccc(C)cc1C(C)NC(=O)/C(C#N)=C\N1CCN(C(=O)OC(C)(C)C)CC1. The van der Waals surface area contributed by atoms with Gasteiger partial charge in [0, 0.05) is 37.9 Å². The van der Waals surface area contributed by atoms with Gasteiger partial charge in [0.25, 0.3) is 5.91 Å². The number of piperazine rings is 1. The summed E-state index contributed by atoms with van der Waals surface area (Å²) in [5.74, 6) is 0.269. The van der Waals surface area contributed by atoms with Gasteiger partial charge in [0.05, 0.1) is 12.6 Å². The Morgan fingerprint density at radius 2 is 1.91 bits per heavy atom. The summed E-state index contributed by atoms with van der Waals surface area (Å²) in [6.07, 6.45) is 1.21. The van der Waals surface area contributed by atoms with E-state index in [-0.39, 0.29) is 17.7 Å². The van der Waals surface area contributed by atoms with Crippen LogP contribution in [-0.2, 0) is 9.53 Å². The number of rotatable bonds is 6. The molecule has 0 radical (unpaired) electrons. The van der Waals surface area contributed by atoms with Gasteiger partial charge in [0.1, 0.15) is 23.0 Å². The molecule has 1 saturated heterocycles. The molecule has 1 atom stereocenters. The van der Waals surface area contributed by atoms with Gasteiger partial charge in [-0.05, 0) is 47.6 Å². The first-order chi connectivity index (χ1) is 15.0. The first-order valence-electron chi connectivity index (χ1n) is 10.9. The van der Waals surface area contributed by atoms with Gasteiger partial charge in [-0.15, -0.1) is 0 Å². The summed E-state index contributed by atoms with van der Waals surface area (Å²) < 4.78 is 11.1. The minimum atomic E-state index is -0.545. The van der Waals surface area contributed by atoms with Crippen molar-refractivity contribution in [3.63, 3.8) is 0 Å². The lowest BCUT2D eigenvalue weighted by Crippen LogP contribution is -2.48. The van der Waals surface area contributed by atoms with Crippen LogP contribution in [0.5, 0.6) is 5.75 Å². The molecular formula is C24H34N4O4. The second kappa shape index (κ2) is 10.9. The van der Waals surface area contributed by atoms with E-state index < -0.39 is 11.5 Å². The quantitative estimate of drug-likeness (QED) is 0.535. The predicted molar refractivity (Wildman–Crippen MR) is 122 cm³/mol. The molecule has 0 saturated carbocycles. The van der Waals surface area contributed by atoms with E-state index in [0.717, 1.165) is 11.1 Å². The zero-order valence-electron chi connectivity index (χ0n) is 19.9. The molecule has 1 heterocycles. The summed E-state index contributed by atoms with van der Waals surface area (Å²) in [5, 5.41) is 12.4. The van der Waals surface area contributed by atoms with Crippen LogP contribution in [0.25, 0.3) is 0 Å². The van der Waals surface area contributed by atoms with E-state index in [9.17, 15) is 14.9 Å². The highest BCUT2D eigenvalue weighted by atomic mass is 16.6. The smallest absolute Gasteiger partial charge is 0.410 e. The van der Waals surface area contributed by atoms with Gasteiger partial charge in [-0.25, -0.2) is 4.79 Å². The maximum atomic E-state index is 12.8. The summed E-state index contributed by atoms with van der Waals surface area (Å²) in [4.78, 5) is 28.5. The molecule has 1 aliphatic rings. The Balaban J connectivity index is 2.01. The van der Waals surface area contributed by atoms with E-state index in [0.29, 0.717) is 38.5 Å². The number of hydrogen-bond donors (Lipinski definition) is 1. The Kier molecular flexibility index (Phi) is 8.53. The number of hydrogen-bond acceptors (Lipinski definition) is 6. The largest absolute Gasteiger partial charge is 0.494 e. The lowest BCUT2D eigenvalue weighted by Gasteiger charge is -2.35. The number of aryl methyl sites for hydroxylation is 1. The van der Waals surface area contributed by atoms with Crippen molar-refractivity contribution >= 4 is 12.0 Å². The standard InChI is InChI=1S/C24H34N4O4/c1-7-31-21-9-8-17(2)14-20(21)18(3)26-22(29)19(15-25)16-27-10-12-28(13-11-27)23(30)32-24(4,5)6/h8-9,14,16,18H,7,10-13H2,1-6H3,(H,26,29)/b19-16-. The van der Waals surface area contributed by atoms with Gasteiger partial charge in [0.15, 0.2) is 0 Å². The van der Waals surface area contributed by atoms with Crippen LogP contribution in [-0.4, -0.2) is 60.2 Å². The van der Waals surface area contributed by atoms with Crippen LogP contribution in [0.1, 0.15) is 51.8 Å². The monoisotopic (exact) mass is 442 g/mol. The molecule has 1 aromatic rings. The van der Waals surface area contributed by atoms with Crippen molar-refractivity contribution in [2.24, 2.45) is 0 Å². The van der Waals surface area contributed by atoms with Crippen LogP contribution in [0.15, 0.2) is 30.0 Å². The van der Waals surface area contributed by atoms with E-state index in [1.807, 2.05) is 70.7 Å². The Morgan fingerprint density at radius 1 is 1.25 bits per heavy atom. The van der Waals surface area contributed by atoms with E-state index >= 15 is 0 Å². The van der Waals surface area contributed by atoms with Crippen LogP contribution in [0.3, 0.4) is 0 Å². The zero-order valence-corrected chi connectivity index (χ0v) is 19.9. The van der Waals surface area contributed by atoms with Crippen molar-refractivity contribution in [2.75, 3.05) is 32.8 Å². The van der Waals surface area contributed by atoms with Crippen LogP contribution < -0.4 is 10.1 Å². The fourth-order valence-electron chi connectivity index (χ4n) is 3.33. The van der Waals surface area contributed by atoms with Crippen molar-refractivity contribution in [1.82, 2.24) is 15.1 Å². The second-order valence-electron chi connectivity index (χ2n) is 8.83. The Labute approximate surface area is 190 Å². The third-order valence-electron chi connectivity index (χ3n) is 4.92. The highest BCUT2D eigenvalue weighted by Gasteiger charge is 2.26. The fourth-order valence-corrected chi connectivity index (χ4v) is 3.33. The zero-order chi connectivity index (χ0) is 23.9. The Morgan fingerprint density at radius 3 is 2.47 bits per heavy atom. The molecule has 1 aromatic carbocycles. The number of nitrogens with one attached hydrogen (secondary N) is 1. The first kappa shape index (κ1) is 25.1. The van der Waals surface area contributed by atoms with Gasteiger partial charge in [-0.1, -0.05) is 17.7 Å². The number of nitrogens with zero attached hydrogens (tertiary/aromatic N) is 3. The summed E-state index contributed by atoms with van der Waals surface area (Å²) in [6.45, 7) is 13.7. The second-order valence-corrected chi connectivity index (χ2v) is 8.83. The van der Waals surface area contributed by atoms with Crippen LogP contribution in [0.4, 0.5) is 4.79 Å². The van der Waals surface area contributed by atoms with Crippen molar-refractivity contribution in [2.45, 2.75) is 53.2 Å². The number of amides is 2. The van der Waals surface area contributed by atoms with E-state index in [2.05, 4.69) is 5.32 Å². The highest BCUT2D eigenvalue weighted by molar-refractivity contribution is 5.97. The third kappa shape index (κ3) is 7.19. The molecule has 0 aliphatic carbocycles. The first-order valence-corrected chi connectivity index (χ1v) is 10.9. The van der Waals surface area contributed by atoms with Crippen molar-refractivity contribution in [3.8, 4) is 11.8 Å². The lowest BCUT2D eigenvalue weighted by molar-refractivity contribution is -0.117. The summed E-state index contributed by atoms with van der Waals surface area (Å²) in [7, 11) is 0. The van der Waals surface area contributed by atoms with Gasteiger partial charge < -0.3 is 24.6 Å². The normalized spacial score (nSPS) is 15.6. The highest BCUT2D eigenvalue weighted by Crippen LogP contribution is 2.26. The maximum absolute atomic E-state index is 12.8. The van der Waals surface area contributed by atoms with Crippen molar-refractivity contribution < 1.29 is 19.1 Å². The molecule has 2 rings (SSSR count). The van der Waals surface area contributed by atoms with Gasteiger partial charge in [-0.2, -0.15) is 5.26 Å². The molecule has 0 bridgehead atoms. The number of ether oxygens (including phenoxy) is 2. The molecule has 1 aliphatic heterocycles. The average Bonchev–Trinajstić information content (AvgIpc) is 2.72. The van der Waals surface area contributed by atoms with E-state index in [1.165, 1.54) is 0 Å². The van der Waals surface area contributed by atoms with Crippen molar-refractivity contribution in [3.05, 3.63) is 41.1 Å². The van der Waals surface area contributed by atoms with Gasteiger partial charge >= 0.3 is 6.09 Å². The lowest BCUT2D eigenvalue weighted by atomic mass is 10.0. The summed E-state index contributed by atoms with van der Waals surface area (Å²) in [5.41, 5.74) is 1.40. The number of nitriles is 1. The molecule has 8 heteroatoms. The number of carbonyl (C=O) groups is 2. The van der Waals surface area contributed by atoms with Crippen molar-refractivity contribution in [1.29, 1.82) is 5.26 Å². The minimum Gasteiger partial charge on any atom is -0.494 e. The van der Waals surface area contributed by atoms with Crippen LogP contribution >= 0.6 is 0 Å². The molecule has 0 aromatic heterocycles. The molecule has 8 nitrogen and oxygen atoms in total. The average molecular weight is 443 g/mol. The predicted octanol–water partition coefficient (Wildman–Crippen LogP) is 3.53. The molecule has 1 fully saturated rings. The molecule has 1 unspecified atom stereocenters. The third-order valence-corrected chi connectivity index (χ3v) is 4.92. The van der Waals surface area contributed by atoms with Gasteiger partial charge in [-0.3, -0.25) is 4.79 Å². The topological polar surface area (TPSA) is 94.9 Å². The number of carbonyl (C=O) groups excluding carboxylic acids is 2. The summed E-state index contributed by atoms with van der Waals surface area (Å²) in [6, 6.07) is 7.49. The molecule has 32 heavy (non-hydrogen) atoms. The molecule has 2 amide bonds. The number of benzene rings is 1.